The normalized spacial score (nSPS) is 19.1. The Morgan fingerprint density at radius 2 is 1.88 bits per heavy atom. The summed E-state index contributed by atoms with van der Waals surface area (Å²) in [6.45, 7) is 2.62. The fraction of sp³-hybridized carbons (Fsp3) is 0.579. The van der Waals surface area contributed by atoms with Gasteiger partial charge in [-0.1, -0.05) is 12.1 Å². The van der Waals surface area contributed by atoms with Crippen molar-refractivity contribution < 1.29 is 18.7 Å². The van der Waals surface area contributed by atoms with Crippen LogP contribution in [0, 0.1) is 11.7 Å². The van der Waals surface area contributed by atoms with Gasteiger partial charge < -0.3 is 19.4 Å². The van der Waals surface area contributed by atoms with Crippen LogP contribution in [0.15, 0.2) is 24.3 Å². The summed E-state index contributed by atoms with van der Waals surface area (Å²) in [5.41, 5.74) is 0. The maximum Gasteiger partial charge on any atom is 0.260 e. The molecule has 0 aliphatic carbocycles. The average molecular weight is 363 g/mol. The van der Waals surface area contributed by atoms with E-state index < -0.39 is 5.82 Å². The van der Waals surface area contributed by atoms with Crippen LogP contribution in [0.1, 0.15) is 12.8 Å². The Kier molecular flexibility index (Phi) is 5.76. The maximum absolute atomic E-state index is 13.5. The van der Waals surface area contributed by atoms with Gasteiger partial charge in [-0.2, -0.15) is 0 Å². The molecule has 3 rings (SSSR count). The van der Waals surface area contributed by atoms with Gasteiger partial charge in [0.25, 0.3) is 5.91 Å². The first kappa shape index (κ1) is 18.6. The first-order valence-corrected chi connectivity index (χ1v) is 9.06. The van der Waals surface area contributed by atoms with E-state index in [2.05, 4.69) is 11.9 Å². The molecule has 1 aromatic carbocycles. The van der Waals surface area contributed by atoms with E-state index in [0.717, 1.165) is 25.9 Å². The van der Waals surface area contributed by atoms with Crippen molar-refractivity contribution in [3.8, 4) is 5.75 Å². The molecule has 0 radical (unpaired) electrons. The second-order valence-corrected chi connectivity index (χ2v) is 7.20. The molecule has 1 aromatic rings. The van der Waals surface area contributed by atoms with Crippen molar-refractivity contribution in [2.24, 2.45) is 5.92 Å². The van der Waals surface area contributed by atoms with Gasteiger partial charge in [0.2, 0.25) is 5.91 Å². The van der Waals surface area contributed by atoms with Crippen LogP contribution in [-0.4, -0.2) is 79.4 Å². The van der Waals surface area contributed by atoms with E-state index in [1.165, 1.54) is 12.1 Å². The Hall–Kier alpha value is -2.15. The molecule has 0 N–H and O–H groups in total. The predicted octanol–water partition coefficient (Wildman–Crippen LogP) is 1.22. The lowest BCUT2D eigenvalue weighted by molar-refractivity contribution is -0.150. The van der Waals surface area contributed by atoms with Gasteiger partial charge in [0.15, 0.2) is 18.2 Å². The highest BCUT2D eigenvalue weighted by atomic mass is 19.1. The smallest absolute Gasteiger partial charge is 0.260 e. The summed E-state index contributed by atoms with van der Waals surface area (Å²) in [7, 11) is 3.96. The zero-order valence-corrected chi connectivity index (χ0v) is 15.4. The summed E-state index contributed by atoms with van der Waals surface area (Å²) >= 11 is 0. The van der Waals surface area contributed by atoms with Crippen LogP contribution in [-0.2, 0) is 9.59 Å². The summed E-state index contributed by atoms with van der Waals surface area (Å²) < 4.78 is 18.7. The Morgan fingerprint density at radius 3 is 2.54 bits per heavy atom. The molecule has 142 valence electrons. The number of nitrogens with zero attached hydrogens (tertiary/aromatic N) is 3. The minimum atomic E-state index is -0.489. The van der Waals surface area contributed by atoms with Gasteiger partial charge in [-0.15, -0.1) is 0 Å². The SMILES string of the molecule is CN1CCC(N(C)C(=O)C2CN(C(=O)COc3ccccc3F)C2)CC1. The molecule has 0 unspecified atom stereocenters. The van der Waals surface area contributed by atoms with Crippen LogP contribution in [0.3, 0.4) is 0 Å². The lowest BCUT2D eigenvalue weighted by Gasteiger charge is -2.42. The zero-order valence-electron chi connectivity index (χ0n) is 15.4. The fourth-order valence-corrected chi connectivity index (χ4v) is 3.48. The third-order valence-corrected chi connectivity index (χ3v) is 5.35. The van der Waals surface area contributed by atoms with Crippen LogP contribution in [0.2, 0.25) is 0 Å². The molecule has 0 aromatic heterocycles. The van der Waals surface area contributed by atoms with Gasteiger partial charge in [0.05, 0.1) is 5.92 Å². The molecule has 2 aliphatic heterocycles. The van der Waals surface area contributed by atoms with Gasteiger partial charge in [-0.3, -0.25) is 9.59 Å². The maximum atomic E-state index is 13.5. The second-order valence-electron chi connectivity index (χ2n) is 7.20. The number of carbonyl (C=O) groups is 2. The molecule has 2 aliphatic rings. The Labute approximate surface area is 153 Å². The highest BCUT2D eigenvalue weighted by molar-refractivity contribution is 5.85. The molecule has 2 heterocycles. The molecule has 0 spiro atoms. The largest absolute Gasteiger partial charge is 0.481 e. The molecule has 0 bridgehead atoms. The monoisotopic (exact) mass is 363 g/mol. The number of piperidine rings is 1. The molecule has 0 saturated carbocycles. The number of ether oxygens (including phenoxy) is 1. The number of benzene rings is 1. The van der Waals surface area contributed by atoms with Crippen molar-refractivity contribution in [1.82, 2.24) is 14.7 Å². The number of para-hydroxylation sites is 1. The minimum absolute atomic E-state index is 0.0657. The lowest BCUT2D eigenvalue weighted by atomic mass is 9.96. The van der Waals surface area contributed by atoms with E-state index in [-0.39, 0.29) is 36.1 Å². The van der Waals surface area contributed by atoms with Crippen molar-refractivity contribution in [2.45, 2.75) is 18.9 Å². The third kappa shape index (κ3) is 4.15. The Morgan fingerprint density at radius 1 is 1.23 bits per heavy atom. The first-order chi connectivity index (χ1) is 12.5. The van der Waals surface area contributed by atoms with Crippen molar-refractivity contribution >= 4 is 11.8 Å². The van der Waals surface area contributed by atoms with Gasteiger partial charge in [0.1, 0.15) is 0 Å². The van der Waals surface area contributed by atoms with Crippen LogP contribution >= 0.6 is 0 Å². The molecular weight excluding hydrogens is 337 g/mol. The minimum Gasteiger partial charge on any atom is -0.481 e. The summed E-state index contributed by atoms with van der Waals surface area (Å²) in [6, 6.07) is 6.28. The summed E-state index contributed by atoms with van der Waals surface area (Å²) in [5.74, 6) is -0.678. The first-order valence-electron chi connectivity index (χ1n) is 9.06. The second kappa shape index (κ2) is 8.03. The summed E-state index contributed by atoms with van der Waals surface area (Å²) in [6.07, 6.45) is 1.98. The van der Waals surface area contributed by atoms with Gasteiger partial charge in [-0.25, -0.2) is 4.39 Å². The van der Waals surface area contributed by atoms with E-state index in [0.29, 0.717) is 13.1 Å². The average Bonchev–Trinajstić information content (AvgIpc) is 2.59. The summed E-state index contributed by atoms with van der Waals surface area (Å²) in [5, 5.41) is 0. The van der Waals surface area contributed by atoms with E-state index in [9.17, 15) is 14.0 Å². The summed E-state index contributed by atoms with van der Waals surface area (Å²) in [4.78, 5) is 30.4. The predicted molar refractivity (Wildman–Crippen MR) is 95.3 cm³/mol. The van der Waals surface area contributed by atoms with Gasteiger partial charge >= 0.3 is 0 Å². The number of hydrogen-bond acceptors (Lipinski definition) is 4. The Bertz CT molecular complexity index is 655. The molecule has 26 heavy (non-hydrogen) atoms. The van der Waals surface area contributed by atoms with Crippen LogP contribution in [0.25, 0.3) is 0 Å². The number of halogens is 1. The van der Waals surface area contributed by atoms with Crippen LogP contribution in [0.4, 0.5) is 4.39 Å². The highest BCUT2D eigenvalue weighted by Crippen LogP contribution is 2.22. The third-order valence-electron chi connectivity index (χ3n) is 5.35. The van der Waals surface area contributed by atoms with Crippen molar-refractivity contribution in [1.29, 1.82) is 0 Å². The van der Waals surface area contributed by atoms with E-state index >= 15 is 0 Å². The van der Waals surface area contributed by atoms with Gasteiger partial charge in [0, 0.05) is 26.2 Å². The molecule has 7 heteroatoms. The zero-order chi connectivity index (χ0) is 18.7. The fourth-order valence-electron chi connectivity index (χ4n) is 3.48. The quantitative estimate of drug-likeness (QED) is 0.789. The number of rotatable bonds is 5. The van der Waals surface area contributed by atoms with Gasteiger partial charge in [-0.05, 0) is 45.1 Å². The van der Waals surface area contributed by atoms with E-state index in [4.69, 9.17) is 4.74 Å². The molecule has 2 saturated heterocycles. The van der Waals surface area contributed by atoms with E-state index in [1.54, 1.807) is 17.0 Å². The Balaban J connectivity index is 1.42. The topological polar surface area (TPSA) is 53.1 Å². The molecule has 2 fully saturated rings. The van der Waals surface area contributed by atoms with Crippen molar-refractivity contribution in [2.75, 3.05) is 46.9 Å². The molecule has 2 amide bonds. The number of hydrogen-bond donors (Lipinski definition) is 0. The number of carbonyl (C=O) groups excluding carboxylic acids is 2. The number of likely N-dealkylation sites (tertiary alicyclic amines) is 2. The van der Waals surface area contributed by atoms with E-state index in [1.807, 2.05) is 11.9 Å². The molecule has 6 nitrogen and oxygen atoms in total. The molecule has 0 atom stereocenters. The lowest BCUT2D eigenvalue weighted by Crippen LogP contribution is -2.58. The van der Waals surface area contributed by atoms with Crippen LogP contribution in [0.5, 0.6) is 5.75 Å². The van der Waals surface area contributed by atoms with Crippen molar-refractivity contribution in [3.63, 3.8) is 0 Å². The molecular formula is C19H26FN3O3. The van der Waals surface area contributed by atoms with Crippen molar-refractivity contribution in [3.05, 3.63) is 30.1 Å². The highest BCUT2D eigenvalue weighted by Gasteiger charge is 2.38. The number of amides is 2. The van der Waals surface area contributed by atoms with Crippen LogP contribution < -0.4 is 4.74 Å². The standard InChI is InChI=1S/C19H26FN3O3/c1-21-9-7-15(8-10-21)22(2)19(25)14-11-23(12-14)18(24)13-26-17-6-4-3-5-16(17)20/h3-6,14-15H,7-13H2,1-2H3.